The van der Waals surface area contributed by atoms with E-state index in [1.807, 2.05) is 0 Å². The fraction of sp³-hybridized carbons (Fsp3) is 0.714. The molecule has 250 valence electrons. The third kappa shape index (κ3) is 18.4. The first-order chi connectivity index (χ1) is 21.7. The Hall–Kier alpha value is -1.64. The molecule has 0 amide bonds. The molecule has 0 heterocycles. The Balaban J connectivity index is 1.70. The van der Waals surface area contributed by atoms with Gasteiger partial charge in [-0.3, -0.25) is 0 Å². The van der Waals surface area contributed by atoms with Crippen molar-refractivity contribution in [3.8, 4) is 11.1 Å². The highest BCUT2D eigenvalue weighted by Gasteiger charge is 2.12. The molecule has 0 saturated carbocycles. The van der Waals surface area contributed by atoms with Crippen molar-refractivity contribution in [2.24, 2.45) is 0 Å². The third-order valence-corrected chi connectivity index (χ3v) is 9.49. The quantitative estimate of drug-likeness (QED) is 0.0852. The minimum atomic E-state index is 1.02. The summed E-state index contributed by atoms with van der Waals surface area (Å²) in [5.74, 6) is 0. The first kappa shape index (κ1) is 38.5. The van der Waals surface area contributed by atoms with E-state index in [1.54, 1.807) is 0 Å². The molecule has 0 saturated heterocycles. The van der Waals surface area contributed by atoms with Gasteiger partial charge >= 0.3 is 0 Å². The molecule has 2 aromatic rings. The van der Waals surface area contributed by atoms with Gasteiger partial charge in [-0.25, -0.2) is 0 Å². The molecule has 0 unspecified atom stereocenters. The van der Waals surface area contributed by atoms with Gasteiger partial charge in [-0.15, -0.1) is 0 Å². The smallest absolute Gasteiger partial charge is 0.0236 e. The second kappa shape index (κ2) is 26.6. The van der Waals surface area contributed by atoms with Crippen molar-refractivity contribution in [1.82, 2.24) is 9.80 Å². The molecule has 0 atom stereocenters. The zero-order chi connectivity index (χ0) is 31.5. The second-order valence-corrected chi connectivity index (χ2v) is 13.9. The Morgan fingerprint density at radius 1 is 0.364 bits per heavy atom. The maximum atomic E-state index is 2.54. The summed E-state index contributed by atoms with van der Waals surface area (Å²) in [7, 11) is 4.61. The molecule has 2 nitrogen and oxygen atoms in total. The number of rotatable bonds is 29. The summed E-state index contributed by atoms with van der Waals surface area (Å²) in [6.07, 6.45) is 31.0. The Kier molecular flexibility index (Phi) is 23.3. The molecule has 0 aliphatic heterocycles. The van der Waals surface area contributed by atoms with Gasteiger partial charge in [0.15, 0.2) is 0 Å². The van der Waals surface area contributed by atoms with Crippen molar-refractivity contribution >= 4 is 0 Å². The number of benzene rings is 2. The Labute approximate surface area is 275 Å². The van der Waals surface area contributed by atoms with Gasteiger partial charge in [0.05, 0.1) is 0 Å². The van der Waals surface area contributed by atoms with E-state index in [-0.39, 0.29) is 0 Å². The zero-order valence-electron chi connectivity index (χ0n) is 29.9. The van der Waals surface area contributed by atoms with E-state index in [4.69, 9.17) is 0 Å². The van der Waals surface area contributed by atoms with Crippen LogP contribution in [0.4, 0.5) is 0 Å². The first-order valence-corrected chi connectivity index (χ1v) is 19.2. The average molecular weight is 605 g/mol. The highest BCUT2D eigenvalue weighted by atomic mass is 15.1. The molecule has 44 heavy (non-hydrogen) atoms. The molecule has 0 spiro atoms. The lowest BCUT2D eigenvalue weighted by atomic mass is 9.94. The highest BCUT2D eigenvalue weighted by Crippen LogP contribution is 2.29. The van der Waals surface area contributed by atoms with Crippen LogP contribution in [0.1, 0.15) is 166 Å². The zero-order valence-corrected chi connectivity index (χ0v) is 29.9. The van der Waals surface area contributed by atoms with Gasteiger partial charge in [-0.05, 0) is 62.3 Å². The van der Waals surface area contributed by atoms with Crippen LogP contribution in [0.2, 0.25) is 0 Å². The normalized spacial score (nSPS) is 11.7. The third-order valence-electron chi connectivity index (χ3n) is 9.49. The van der Waals surface area contributed by atoms with Crippen LogP contribution in [0.15, 0.2) is 48.5 Å². The molecular weight excluding hydrogens is 532 g/mol. The first-order valence-electron chi connectivity index (χ1n) is 19.2. The van der Waals surface area contributed by atoms with Crippen LogP contribution in [0.25, 0.3) is 11.1 Å². The van der Waals surface area contributed by atoms with Gasteiger partial charge in [0, 0.05) is 13.1 Å². The fourth-order valence-electron chi connectivity index (χ4n) is 6.67. The van der Waals surface area contributed by atoms with Gasteiger partial charge in [0.2, 0.25) is 0 Å². The second-order valence-electron chi connectivity index (χ2n) is 13.9. The van der Waals surface area contributed by atoms with Gasteiger partial charge in [0.1, 0.15) is 0 Å². The topological polar surface area (TPSA) is 6.48 Å². The van der Waals surface area contributed by atoms with Gasteiger partial charge in [0.25, 0.3) is 0 Å². The van der Waals surface area contributed by atoms with Crippen LogP contribution in [0.3, 0.4) is 0 Å². The largest absolute Gasteiger partial charge is 0.302 e. The van der Waals surface area contributed by atoms with Crippen molar-refractivity contribution in [2.75, 3.05) is 27.2 Å². The summed E-state index contributed by atoms with van der Waals surface area (Å²) in [6, 6.07) is 18.2. The lowest BCUT2D eigenvalue weighted by molar-refractivity contribution is 0.315. The summed E-state index contributed by atoms with van der Waals surface area (Å²) in [5.41, 5.74) is 5.74. The predicted octanol–water partition coefficient (Wildman–Crippen LogP) is 12.8. The van der Waals surface area contributed by atoms with E-state index >= 15 is 0 Å². The SMILES string of the molecule is CCCCCCCCCCCCCN(C)Cc1ccccc1-c1ccccc1CN(C)CCCCCCCCCCCCC. The summed E-state index contributed by atoms with van der Waals surface area (Å²) in [6.45, 7) is 9.03. The minimum Gasteiger partial charge on any atom is -0.302 e. The number of nitrogens with zero attached hydrogens (tertiary/aromatic N) is 2. The molecule has 0 aliphatic rings. The van der Waals surface area contributed by atoms with E-state index in [9.17, 15) is 0 Å². The van der Waals surface area contributed by atoms with Gasteiger partial charge in [-0.2, -0.15) is 0 Å². The molecule has 0 bridgehead atoms. The molecule has 2 aromatic carbocycles. The van der Waals surface area contributed by atoms with Crippen LogP contribution >= 0.6 is 0 Å². The van der Waals surface area contributed by atoms with Crippen LogP contribution in [0.5, 0.6) is 0 Å². The fourth-order valence-corrected chi connectivity index (χ4v) is 6.67. The maximum absolute atomic E-state index is 2.54. The predicted molar refractivity (Wildman–Crippen MR) is 197 cm³/mol. The monoisotopic (exact) mass is 605 g/mol. The molecule has 0 aromatic heterocycles. The molecule has 0 fully saturated rings. The summed E-state index contributed by atoms with van der Waals surface area (Å²) < 4.78 is 0. The van der Waals surface area contributed by atoms with Crippen LogP contribution in [0, 0.1) is 0 Å². The lowest BCUT2D eigenvalue weighted by Gasteiger charge is -2.22. The molecule has 0 N–H and O–H groups in total. The van der Waals surface area contributed by atoms with Crippen LogP contribution in [-0.4, -0.2) is 37.0 Å². The maximum Gasteiger partial charge on any atom is 0.0236 e. The van der Waals surface area contributed by atoms with Crippen LogP contribution < -0.4 is 0 Å². The summed E-state index contributed by atoms with van der Waals surface area (Å²) in [4.78, 5) is 5.07. The van der Waals surface area contributed by atoms with Crippen LogP contribution in [-0.2, 0) is 13.1 Å². The van der Waals surface area contributed by atoms with Crippen molar-refractivity contribution < 1.29 is 0 Å². The standard InChI is InChI=1S/C42H72N2/c1-5-7-9-11-13-15-17-19-21-23-29-35-43(3)37-39-31-25-27-33-41(39)42-34-28-26-32-40(42)38-44(4)36-30-24-22-20-18-16-14-12-10-8-6-2/h25-28,31-34H,5-24,29-30,35-38H2,1-4H3. The van der Waals surface area contributed by atoms with Crippen molar-refractivity contribution in [2.45, 2.75) is 168 Å². The van der Waals surface area contributed by atoms with Crippen molar-refractivity contribution in [3.05, 3.63) is 59.7 Å². The van der Waals surface area contributed by atoms with E-state index in [0.717, 1.165) is 13.1 Å². The van der Waals surface area contributed by atoms with Crippen molar-refractivity contribution in [1.29, 1.82) is 0 Å². The van der Waals surface area contributed by atoms with Gasteiger partial charge in [-0.1, -0.05) is 191 Å². The minimum absolute atomic E-state index is 1.02. The van der Waals surface area contributed by atoms with E-state index in [0.29, 0.717) is 0 Å². The molecular formula is C42H72N2. The Bertz CT molecular complexity index is 846. The lowest BCUT2D eigenvalue weighted by Crippen LogP contribution is -2.20. The Morgan fingerprint density at radius 2 is 0.636 bits per heavy atom. The molecule has 2 heteroatoms. The average Bonchev–Trinajstić information content (AvgIpc) is 3.03. The summed E-state index contributed by atoms with van der Waals surface area (Å²) >= 11 is 0. The van der Waals surface area contributed by atoms with E-state index < -0.39 is 0 Å². The molecule has 2 rings (SSSR count). The molecule has 0 aliphatic carbocycles. The molecule has 0 radical (unpaired) electrons. The number of hydrogen-bond donors (Lipinski definition) is 0. The van der Waals surface area contributed by atoms with E-state index in [1.165, 1.54) is 177 Å². The Morgan fingerprint density at radius 3 is 0.955 bits per heavy atom. The van der Waals surface area contributed by atoms with Gasteiger partial charge < -0.3 is 9.80 Å². The van der Waals surface area contributed by atoms with E-state index in [2.05, 4.69) is 86.3 Å². The highest BCUT2D eigenvalue weighted by molar-refractivity contribution is 5.70. The number of hydrogen-bond acceptors (Lipinski definition) is 2. The van der Waals surface area contributed by atoms with Crippen molar-refractivity contribution in [3.63, 3.8) is 0 Å². The summed E-state index contributed by atoms with van der Waals surface area (Å²) in [5, 5.41) is 0. The number of unbranched alkanes of at least 4 members (excludes halogenated alkanes) is 20.